The first-order valence-electron chi connectivity index (χ1n) is 24.0. The SMILES string of the molecule is CCCCCCCCCCCCCCCCCC(=O)NCCOCCOCCNC(=O)CCOCCOCCNC(=O)[C@H](CCCNC(=O)CSC(C)C)NC(=O)CSC(C)C. The normalized spacial score (nSPS) is 11.8. The van der Waals surface area contributed by atoms with E-state index in [1.54, 1.807) is 11.8 Å². The maximum atomic E-state index is 12.9. The molecule has 0 aromatic heterocycles. The number of carbonyl (C=O) groups excluding carboxylic acids is 5. The average Bonchev–Trinajstić information content (AvgIpc) is 3.24. The van der Waals surface area contributed by atoms with Crippen LogP contribution < -0.4 is 26.6 Å². The van der Waals surface area contributed by atoms with Crippen molar-refractivity contribution < 1.29 is 42.9 Å². The van der Waals surface area contributed by atoms with Crippen molar-refractivity contribution in [1.82, 2.24) is 26.6 Å². The van der Waals surface area contributed by atoms with Crippen LogP contribution in [0.25, 0.3) is 0 Å². The third-order valence-corrected chi connectivity index (χ3v) is 11.8. The Hall–Kier alpha value is -2.11. The number of rotatable bonds is 46. The van der Waals surface area contributed by atoms with E-state index in [2.05, 4.69) is 33.5 Å². The van der Waals surface area contributed by atoms with Crippen LogP contribution >= 0.6 is 23.5 Å². The summed E-state index contributed by atoms with van der Waals surface area (Å²) in [7, 11) is 0. The Kier molecular flexibility index (Phi) is 43.9. The van der Waals surface area contributed by atoms with Crippen LogP contribution in [0.4, 0.5) is 0 Å². The topological polar surface area (TPSA) is 182 Å². The summed E-state index contributed by atoms with van der Waals surface area (Å²) in [4.78, 5) is 61.5. The van der Waals surface area contributed by atoms with Gasteiger partial charge in [0.05, 0.1) is 64.4 Å². The van der Waals surface area contributed by atoms with Gasteiger partial charge in [0.1, 0.15) is 6.04 Å². The maximum Gasteiger partial charge on any atom is 0.242 e. The number of thioether (sulfide) groups is 2. The molecule has 0 aliphatic heterocycles. The van der Waals surface area contributed by atoms with Crippen molar-refractivity contribution in [3.63, 3.8) is 0 Å². The number of unbranched alkanes of at least 4 members (excludes halogenated alkanes) is 14. The summed E-state index contributed by atoms with van der Waals surface area (Å²) in [5.41, 5.74) is 0. The Morgan fingerprint density at radius 1 is 0.419 bits per heavy atom. The highest BCUT2D eigenvalue weighted by Crippen LogP contribution is 2.14. The highest BCUT2D eigenvalue weighted by atomic mass is 32.2. The fourth-order valence-electron chi connectivity index (χ4n) is 6.11. The lowest BCUT2D eigenvalue weighted by molar-refractivity contribution is -0.128. The third-order valence-electron chi connectivity index (χ3n) is 9.65. The number of nitrogens with one attached hydrogen (secondary N) is 5. The van der Waals surface area contributed by atoms with Crippen molar-refractivity contribution in [3.8, 4) is 0 Å². The summed E-state index contributed by atoms with van der Waals surface area (Å²) in [6.07, 6.45) is 21.4. The van der Waals surface area contributed by atoms with Gasteiger partial charge in [0.2, 0.25) is 29.5 Å². The largest absolute Gasteiger partial charge is 0.379 e. The van der Waals surface area contributed by atoms with Crippen LogP contribution in [-0.4, -0.2) is 137 Å². The van der Waals surface area contributed by atoms with Gasteiger partial charge in [-0.3, -0.25) is 24.0 Å². The molecule has 0 spiro atoms. The minimum Gasteiger partial charge on any atom is -0.379 e. The molecular formula is C46H89N5O9S2. The molecule has 0 unspecified atom stereocenters. The van der Waals surface area contributed by atoms with Crippen molar-refractivity contribution >= 4 is 53.1 Å². The van der Waals surface area contributed by atoms with E-state index in [9.17, 15) is 24.0 Å². The van der Waals surface area contributed by atoms with Gasteiger partial charge in [-0.05, 0) is 29.8 Å². The van der Waals surface area contributed by atoms with Crippen LogP contribution in [0.3, 0.4) is 0 Å². The van der Waals surface area contributed by atoms with E-state index >= 15 is 0 Å². The summed E-state index contributed by atoms with van der Waals surface area (Å²) in [5.74, 6) is 0.0743. The summed E-state index contributed by atoms with van der Waals surface area (Å²) in [5, 5.41) is 14.9. The average molecular weight is 920 g/mol. The van der Waals surface area contributed by atoms with Gasteiger partial charge in [-0.1, -0.05) is 125 Å². The zero-order valence-corrected chi connectivity index (χ0v) is 41.2. The summed E-state index contributed by atoms with van der Waals surface area (Å²) in [6.45, 7) is 14.7. The van der Waals surface area contributed by atoms with Gasteiger partial charge >= 0.3 is 0 Å². The van der Waals surface area contributed by atoms with E-state index < -0.39 is 6.04 Å². The van der Waals surface area contributed by atoms with E-state index in [-0.39, 0.29) is 61.5 Å². The molecule has 14 nitrogen and oxygen atoms in total. The minimum atomic E-state index is -0.706. The fourth-order valence-corrected chi connectivity index (χ4v) is 7.27. The molecule has 364 valence electrons. The molecule has 0 heterocycles. The predicted octanol–water partition coefficient (Wildman–Crippen LogP) is 6.72. The Labute approximate surface area is 384 Å². The van der Waals surface area contributed by atoms with E-state index in [1.807, 2.05) is 27.7 Å². The molecule has 5 amide bonds. The third kappa shape index (κ3) is 44.5. The van der Waals surface area contributed by atoms with Crippen molar-refractivity contribution in [2.24, 2.45) is 0 Å². The molecular weight excluding hydrogens is 831 g/mol. The van der Waals surface area contributed by atoms with Crippen LogP contribution in [0.1, 0.15) is 157 Å². The zero-order chi connectivity index (χ0) is 45.7. The smallest absolute Gasteiger partial charge is 0.242 e. The molecule has 0 saturated heterocycles. The standard InChI is InChI=1S/C46H89N5O9S2/c1-6-7-8-9-10-11-12-13-14-15-16-17-18-19-20-23-42(52)48-26-30-58-35-36-59-31-27-49-43(53)24-29-57-33-34-60-32-28-50-46(56)41(51-45(55)38-62-40(4)5)22-21-25-47-44(54)37-61-39(2)3/h39-41H,6-38H2,1-5H3,(H,47,54)(H,48,52)(H,49,53)(H,50,56)(H,51,55)/t41-/m0/s1. The molecule has 0 radical (unpaired) electrons. The number of hydrogen-bond donors (Lipinski definition) is 5. The highest BCUT2D eigenvalue weighted by Gasteiger charge is 2.20. The van der Waals surface area contributed by atoms with Crippen LogP contribution in [0.2, 0.25) is 0 Å². The molecule has 0 aromatic carbocycles. The van der Waals surface area contributed by atoms with Crippen LogP contribution in [0.15, 0.2) is 0 Å². The first-order chi connectivity index (χ1) is 30.0. The lowest BCUT2D eigenvalue weighted by atomic mass is 10.0. The van der Waals surface area contributed by atoms with E-state index in [0.29, 0.717) is 94.8 Å². The molecule has 0 rings (SSSR count). The van der Waals surface area contributed by atoms with Gasteiger partial charge in [0.15, 0.2) is 0 Å². The number of carbonyl (C=O) groups is 5. The van der Waals surface area contributed by atoms with Crippen LogP contribution in [0.5, 0.6) is 0 Å². The van der Waals surface area contributed by atoms with Gasteiger partial charge in [-0.2, -0.15) is 0 Å². The summed E-state index contributed by atoms with van der Waals surface area (Å²) >= 11 is 3.08. The van der Waals surface area contributed by atoms with Crippen molar-refractivity contribution in [3.05, 3.63) is 0 Å². The van der Waals surface area contributed by atoms with E-state index in [1.165, 1.54) is 95.2 Å². The lowest BCUT2D eigenvalue weighted by Crippen LogP contribution is -2.48. The first kappa shape index (κ1) is 59.9. The zero-order valence-electron chi connectivity index (χ0n) is 39.6. The van der Waals surface area contributed by atoms with Crippen molar-refractivity contribution in [1.29, 1.82) is 0 Å². The molecule has 0 aliphatic rings. The molecule has 0 bridgehead atoms. The molecule has 0 saturated carbocycles. The second kappa shape index (κ2) is 45.5. The van der Waals surface area contributed by atoms with Gasteiger partial charge in [0, 0.05) is 39.0 Å². The molecule has 5 N–H and O–H groups in total. The predicted molar refractivity (Wildman–Crippen MR) is 256 cm³/mol. The Bertz CT molecular complexity index is 1110. The number of ether oxygens (including phenoxy) is 4. The maximum absolute atomic E-state index is 12.9. The number of amides is 5. The Morgan fingerprint density at radius 2 is 0.823 bits per heavy atom. The van der Waals surface area contributed by atoms with Gasteiger partial charge < -0.3 is 45.5 Å². The molecule has 0 fully saturated rings. The quantitative estimate of drug-likeness (QED) is 0.0409. The van der Waals surface area contributed by atoms with E-state index in [4.69, 9.17) is 18.9 Å². The van der Waals surface area contributed by atoms with Crippen LogP contribution in [-0.2, 0) is 42.9 Å². The van der Waals surface area contributed by atoms with Gasteiger partial charge in [0.25, 0.3) is 0 Å². The van der Waals surface area contributed by atoms with Crippen LogP contribution in [0, 0.1) is 0 Å². The second-order valence-electron chi connectivity index (χ2n) is 16.2. The van der Waals surface area contributed by atoms with Gasteiger partial charge in [-0.25, -0.2) is 0 Å². The molecule has 16 heteroatoms. The molecule has 1 atom stereocenters. The lowest BCUT2D eigenvalue weighted by Gasteiger charge is -2.19. The molecule has 62 heavy (non-hydrogen) atoms. The monoisotopic (exact) mass is 920 g/mol. The van der Waals surface area contributed by atoms with Gasteiger partial charge in [-0.15, -0.1) is 23.5 Å². The minimum absolute atomic E-state index is 0.0406. The first-order valence-corrected chi connectivity index (χ1v) is 26.1. The Balaban J connectivity index is 3.71. The molecule has 0 aliphatic carbocycles. The fraction of sp³-hybridized carbons (Fsp3) is 0.891. The van der Waals surface area contributed by atoms with E-state index in [0.717, 1.165) is 12.8 Å². The van der Waals surface area contributed by atoms with Crippen molar-refractivity contribution in [2.45, 2.75) is 173 Å². The highest BCUT2D eigenvalue weighted by molar-refractivity contribution is 8.00. The van der Waals surface area contributed by atoms with Crippen molar-refractivity contribution in [2.75, 3.05) is 90.5 Å². The second-order valence-corrected chi connectivity index (χ2v) is 19.4. The summed E-state index contributed by atoms with van der Waals surface area (Å²) < 4.78 is 22.1. The molecule has 0 aromatic rings. The Morgan fingerprint density at radius 3 is 1.31 bits per heavy atom. The summed E-state index contributed by atoms with van der Waals surface area (Å²) in [6, 6.07) is -0.706. The number of hydrogen-bond acceptors (Lipinski definition) is 11.